The second kappa shape index (κ2) is 8.81. The topological polar surface area (TPSA) is 99.2 Å². The van der Waals surface area contributed by atoms with E-state index in [0.717, 1.165) is 11.8 Å². The highest BCUT2D eigenvalue weighted by Gasteiger charge is 2.14. The highest BCUT2D eigenvalue weighted by Crippen LogP contribution is 2.26. The summed E-state index contributed by atoms with van der Waals surface area (Å²) in [6.45, 7) is 0. The molecule has 0 aliphatic heterocycles. The number of carbonyl (C=O) groups excluding carboxylic acids is 1. The van der Waals surface area contributed by atoms with Crippen LogP contribution in [-0.4, -0.2) is 28.3 Å². The Hall–Kier alpha value is -2.97. The van der Waals surface area contributed by atoms with Gasteiger partial charge in [-0.2, -0.15) is 4.98 Å². The predicted octanol–water partition coefficient (Wildman–Crippen LogP) is 3.21. The molecule has 0 radical (unpaired) electrons. The number of hydrogen-bond donors (Lipinski definition) is 2. The fraction of sp³-hybridized carbons (Fsp3) is 0.105. The van der Waals surface area contributed by atoms with Gasteiger partial charge in [-0.25, -0.2) is 0 Å². The Morgan fingerprint density at radius 3 is 2.68 bits per heavy atom. The number of nitrogens with zero attached hydrogens (tertiary/aromatic N) is 2. The molecule has 9 heteroatoms. The molecule has 1 aromatic heterocycles. The van der Waals surface area contributed by atoms with Crippen LogP contribution in [0, 0.1) is 0 Å². The van der Waals surface area contributed by atoms with E-state index in [1.807, 2.05) is 6.07 Å². The number of methoxy groups -OCH3 is 1. The molecule has 0 saturated heterocycles. The van der Waals surface area contributed by atoms with E-state index in [1.165, 1.54) is 13.2 Å². The summed E-state index contributed by atoms with van der Waals surface area (Å²) in [5.74, 6) is 0.534. The lowest BCUT2D eigenvalue weighted by Gasteiger charge is -2.15. The molecule has 144 valence electrons. The predicted molar refractivity (Wildman–Crippen MR) is 112 cm³/mol. The van der Waals surface area contributed by atoms with Gasteiger partial charge < -0.3 is 15.8 Å². The Labute approximate surface area is 170 Å². The van der Waals surface area contributed by atoms with Gasteiger partial charge in [-0.3, -0.25) is 14.2 Å². The number of nitrogens with one attached hydrogen (secondary N) is 1. The van der Waals surface area contributed by atoms with E-state index in [1.54, 1.807) is 47.0 Å². The number of rotatable bonds is 6. The molecular weight excluding hydrogens is 400 g/mol. The zero-order chi connectivity index (χ0) is 20.1. The van der Waals surface area contributed by atoms with E-state index in [4.69, 9.17) is 22.1 Å². The second-order valence-electron chi connectivity index (χ2n) is 5.65. The van der Waals surface area contributed by atoms with Crippen LogP contribution in [0.15, 0.2) is 64.5 Å². The molecule has 3 aromatic rings. The largest absolute Gasteiger partial charge is 0.495 e. The van der Waals surface area contributed by atoms with Crippen LogP contribution < -0.4 is 21.3 Å². The zero-order valence-corrected chi connectivity index (χ0v) is 16.5. The lowest BCUT2D eigenvalue weighted by Crippen LogP contribution is -2.19. The van der Waals surface area contributed by atoms with E-state index in [-0.39, 0.29) is 17.5 Å². The lowest BCUT2D eigenvalue weighted by atomic mass is 10.3. The summed E-state index contributed by atoms with van der Waals surface area (Å²) in [5.41, 5.74) is 6.79. The molecule has 28 heavy (non-hydrogen) atoms. The van der Waals surface area contributed by atoms with E-state index in [0.29, 0.717) is 27.3 Å². The molecule has 0 spiro atoms. The fourth-order valence-electron chi connectivity index (χ4n) is 2.49. The number of hydrogen-bond acceptors (Lipinski definition) is 6. The van der Waals surface area contributed by atoms with Gasteiger partial charge in [0.05, 0.1) is 18.6 Å². The zero-order valence-electron chi connectivity index (χ0n) is 14.9. The summed E-state index contributed by atoms with van der Waals surface area (Å²) < 4.78 is 6.82. The number of nitrogens with two attached hydrogens (primary N) is 1. The molecule has 2 aromatic carbocycles. The van der Waals surface area contributed by atoms with E-state index >= 15 is 0 Å². The SMILES string of the molecule is COc1ccccc1NC(=O)CSc1nc(=O)cc(N)n1-c1ccc(Cl)cc1. The van der Waals surface area contributed by atoms with Gasteiger partial charge >= 0.3 is 0 Å². The van der Waals surface area contributed by atoms with Gasteiger partial charge in [-0.15, -0.1) is 0 Å². The maximum Gasteiger partial charge on any atom is 0.275 e. The van der Waals surface area contributed by atoms with Gasteiger partial charge in [0.2, 0.25) is 5.91 Å². The number of carbonyl (C=O) groups is 1. The maximum atomic E-state index is 12.4. The monoisotopic (exact) mass is 416 g/mol. The Balaban J connectivity index is 1.81. The standard InChI is InChI=1S/C19H17ClN4O3S/c1-27-15-5-3-2-4-14(15)22-18(26)11-28-19-23-17(25)10-16(21)24(19)13-8-6-12(20)7-9-13/h2-10H,11,21H2,1H3,(H,22,26). The number of ether oxygens (including phenoxy) is 1. The van der Waals surface area contributed by atoms with Crippen molar-refractivity contribution in [3.63, 3.8) is 0 Å². The first-order valence-corrected chi connectivity index (χ1v) is 9.55. The summed E-state index contributed by atoms with van der Waals surface area (Å²) in [7, 11) is 1.53. The molecule has 3 rings (SSSR count). The quantitative estimate of drug-likeness (QED) is 0.473. The van der Waals surface area contributed by atoms with Crippen LogP contribution >= 0.6 is 23.4 Å². The molecule has 0 bridgehead atoms. The second-order valence-corrected chi connectivity index (χ2v) is 7.03. The minimum absolute atomic E-state index is 0.0293. The van der Waals surface area contributed by atoms with Crippen molar-refractivity contribution >= 4 is 40.8 Å². The summed E-state index contributed by atoms with van der Waals surface area (Å²) in [4.78, 5) is 28.2. The van der Waals surface area contributed by atoms with Crippen LogP contribution in [0.1, 0.15) is 0 Å². The van der Waals surface area contributed by atoms with Crippen molar-refractivity contribution in [2.45, 2.75) is 5.16 Å². The summed E-state index contributed by atoms with van der Waals surface area (Å²) >= 11 is 7.04. The molecule has 0 unspecified atom stereocenters. The van der Waals surface area contributed by atoms with Crippen molar-refractivity contribution in [1.82, 2.24) is 9.55 Å². The Kier molecular flexibility index (Phi) is 6.23. The van der Waals surface area contributed by atoms with Gasteiger partial charge in [0.25, 0.3) is 5.56 Å². The molecule has 0 aliphatic carbocycles. The third-order valence-corrected chi connectivity index (χ3v) is 4.92. The van der Waals surface area contributed by atoms with Crippen molar-refractivity contribution < 1.29 is 9.53 Å². The highest BCUT2D eigenvalue weighted by molar-refractivity contribution is 7.99. The first-order valence-electron chi connectivity index (χ1n) is 8.19. The maximum absolute atomic E-state index is 12.4. The molecule has 0 atom stereocenters. The van der Waals surface area contributed by atoms with Crippen molar-refractivity contribution in [3.05, 3.63) is 70.0 Å². The van der Waals surface area contributed by atoms with Gasteiger partial charge in [0.1, 0.15) is 11.6 Å². The van der Waals surface area contributed by atoms with Gasteiger partial charge in [-0.1, -0.05) is 35.5 Å². The minimum atomic E-state index is -0.477. The van der Waals surface area contributed by atoms with E-state index in [2.05, 4.69) is 10.3 Å². The molecule has 7 nitrogen and oxygen atoms in total. The molecule has 0 aliphatic rings. The van der Waals surface area contributed by atoms with Crippen LogP contribution in [-0.2, 0) is 4.79 Å². The molecular formula is C19H17ClN4O3S. The average Bonchev–Trinajstić information content (AvgIpc) is 2.67. The third-order valence-electron chi connectivity index (χ3n) is 3.72. The first kappa shape index (κ1) is 19.8. The Morgan fingerprint density at radius 1 is 1.25 bits per heavy atom. The van der Waals surface area contributed by atoms with Crippen molar-refractivity contribution in [2.75, 3.05) is 23.9 Å². The van der Waals surface area contributed by atoms with E-state index < -0.39 is 5.56 Å². The van der Waals surface area contributed by atoms with Crippen LogP contribution in [0.25, 0.3) is 5.69 Å². The summed E-state index contributed by atoms with van der Waals surface area (Å²) in [6.07, 6.45) is 0. The van der Waals surface area contributed by atoms with Crippen LogP contribution in [0.4, 0.5) is 11.5 Å². The highest BCUT2D eigenvalue weighted by atomic mass is 35.5. The fourth-order valence-corrected chi connectivity index (χ4v) is 3.44. The van der Waals surface area contributed by atoms with Gasteiger partial charge in [-0.05, 0) is 36.4 Å². The van der Waals surface area contributed by atoms with Crippen molar-refractivity contribution in [3.8, 4) is 11.4 Å². The van der Waals surface area contributed by atoms with Gasteiger partial charge in [0, 0.05) is 16.8 Å². The number of nitrogen functional groups attached to an aromatic ring is 1. The summed E-state index contributed by atoms with van der Waals surface area (Å²) in [5, 5.41) is 3.66. The molecule has 3 N–H and O–H groups in total. The molecule has 1 amide bonds. The van der Waals surface area contributed by atoms with Gasteiger partial charge in [0.15, 0.2) is 5.16 Å². The average molecular weight is 417 g/mol. The Bertz CT molecular complexity index is 1050. The van der Waals surface area contributed by atoms with Crippen molar-refractivity contribution in [1.29, 1.82) is 0 Å². The van der Waals surface area contributed by atoms with Crippen LogP contribution in [0.3, 0.4) is 0 Å². The minimum Gasteiger partial charge on any atom is -0.495 e. The lowest BCUT2D eigenvalue weighted by molar-refractivity contribution is -0.113. The molecule has 0 fully saturated rings. The third kappa shape index (κ3) is 4.65. The normalized spacial score (nSPS) is 10.5. The number of halogens is 1. The van der Waals surface area contributed by atoms with Crippen LogP contribution in [0.2, 0.25) is 5.02 Å². The van der Waals surface area contributed by atoms with Crippen molar-refractivity contribution in [2.24, 2.45) is 0 Å². The Morgan fingerprint density at radius 2 is 1.96 bits per heavy atom. The summed E-state index contributed by atoms with van der Waals surface area (Å²) in [6, 6.07) is 15.2. The van der Waals surface area contributed by atoms with Crippen LogP contribution in [0.5, 0.6) is 5.75 Å². The first-order chi connectivity index (χ1) is 13.5. The molecule has 1 heterocycles. The smallest absolute Gasteiger partial charge is 0.275 e. The van der Waals surface area contributed by atoms with E-state index in [9.17, 15) is 9.59 Å². The number of thioether (sulfide) groups is 1. The number of anilines is 2. The molecule has 0 saturated carbocycles. The number of benzene rings is 2. The number of aromatic nitrogens is 2. The number of para-hydroxylation sites is 2. The number of amides is 1.